The number of fused-ring (bicyclic) bond motifs is 5. The van der Waals surface area contributed by atoms with E-state index in [4.69, 9.17) is 0 Å². The lowest BCUT2D eigenvalue weighted by atomic mass is 9.59. The van der Waals surface area contributed by atoms with Crippen molar-refractivity contribution in [1.29, 1.82) is 0 Å². The summed E-state index contributed by atoms with van der Waals surface area (Å²) in [6, 6.07) is 2.16. The van der Waals surface area contributed by atoms with Crippen molar-refractivity contribution < 1.29 is 0 Å². The van der Waals surface area contributed by atoms with Gasteiger partial charge in [-0.3, -0.25) is 0 Å². The topological polar surface area (TPSA) is 36.1 Å². The molecule has 0 spiro atoms. The zero-order valence-corrected chi connectivity index (χ0v) is 11.5. The summed E-state index contributed by atoms with van der Waals surface area (Å²) in [6.45, 7) is 6.05. The van der Waals surface area contributed by atoms with E-state index in [2.05, 4.69) is 22.9 Å². The molecule has 0 aromatic rings. The highest BCUT2D eigenvalue weighted by molar-refractivity contribution is 5.02. The lowest BCUT2D eigenvalue weighted by Crippen LogP contribution is -2.64. The standard InChI is InChI=1S/C15H27N3/c1-9-6-17-14-5-13-11(4-15(14)18-9)2-10-3-12(13)8-16-7-10/h9-18H,2-8H2,1H3. The smallest absolute Gasteiger partial charge is 0.0227 e. The van der Waals surface area contributed by atoms with Gasteiger partial charge in [-0.2, -0.15) is 0 Å². The Morgan fingerprint density at radius 3 is 2.67 bits per heavy atom. The van der Waals surface area contributed by atoms with Crippen LogP contribution in [0.1, 0.15) is 32.6 Å². The van der Waals surface area contributed by atoms with Gasteiger partial charge in [-0.1, -0.05) is 0 Å². The SMILES string of the molecule is CC1CNC2CC3C4CNCC(C4)CC3CC2N1. The molecule has 0 aromatic heterocycles. The monoisotopic (exact) mass is 249 g/mol. The fraction of sp³-hybridized carbons (Fsp3) is 1.00. The first-order valence-corrected chi connectivity index (χ1v) is 7.99. The number of piperazine rings is 1. The van der Waals surface area contributed by atoms with Crippen LogP contribution in [0.25, 0.3) is 0 Å². The average Bonchev–Trinajstić information content (AvgIpc) is 2.37. The third-order valence-electron chi connectivity index (χ3n) is 6.08. The van der Waals surface area contributed by atoms with E-state index in [9.17, 15) is 0 Å². The van der Waals surface area contributed by atoms with Crippen molar-refractivity contribution in [3.8, 4) is 0 Å². The molecule has 7 atom stereocenters. The van der Waals surface area contributed by atoms with E-state index < -0.39 is 0 Å². The molecule has 4 aliphatic rings. The van der Waals surface area contributed by atoms with Gasteiger partial charge in [-0.15, -0.1) is 0 Å². The lowest BCUT2D eigenvalue weighted by molar-refractivity contribution is 0.0109. The summed E-state index contributed by atoms with van der Waals surface area (Å²) in [7, 11) is 0. The molecule has 18 heavy (non-hydrogen) atoms. The summed E-state index contributed by atoms with van der Waals surface area (Å²) in [5, 5.41) is 11.3. The summed E-state index contributed by atoms with van der Waals surface area (Å²) in [6.07, 6.45) is 5.86. The maximum absolute atomic E-state index is 3.84. The lowest BCUT2D eigenvalue weighted by Gasteiger charge is -2.53. The normalized spacial score (nSPS) is 55.5. The minimum Gasteiger partial charge on any atom is -0.316 e. The maximum Gasteiger partial charge on any atom is 0.0227 e. The number of nitrogens with one attached hydrogen (secondary N) is 3. The first kappa shape index (κ1) is 11.7. The molecular formula is C15H27N3. The first-order chi connectivity index (χ1) is 8.79. The minimum atomic E-state index is 0.660. The van der Waals surface area contributed by atoms with Gasteiger partial charge in [-0.05, 0) is 69.4 Å². The highest BCUT2D eigenvalue weighted by Gasteiger charge is 2.46. The molecule has 4 rings (SSSR count). The van der Waals surface area contributed by atoms with Gasteiger partial charge in [0.2, 0.25) is 0 Å². The Balaban J connectivity index is 1.51. The van der Waals surface area contributed by atoms with Crippen molar-refractivity contribution in [2.45, 2.75) is 50.7 Å². The molecular weight excluding hydrogens is 222 g/mol. The van der Waals surface area contributed by atoms with Crippen molar-refractivity contribution in [2.24, 2.45) is 23.7 Å². The number of rotatable bonds is 0. The zero-order chi connectivity index (χ0) is 12.1. The summed E-state index contributed by atoms with van der Waals surface area (Å²) in [5.74, 6) is 3.97. The predicted molar refractivity (Wildman–Crippen MR) is 73.5 cm³/mol. The van der Waals surface area contributed by atoms with E-state index >= 15 is 0 Å². The molecule has 0 radical (unpaired) electrons. The maximum atomic E-state index is 3.84. The first-order valence-electron chi connectivity index (χ1n) is 7.99. The van der Waals surface area contributed by atoms with E-state index in [-0.39, 0.29) is 0 Å². The van der Waals surface area contributed by atoms with E-state index in [1.54, 1.807) is 0 Å². The summed E-state index contributed by atoms with van der Waals surface area (Å²) < 4.78 is 0. The fourth-order valence-corrected chi connectivity index (χ4v) is 5.33. The van der Waals surface area contributed by atoms with Crippen LogP contribution < -0.4 is 16.0 Å². The second-order valence-corrected chi connectivity index (χ2v) is 7.34. The molecule has 3 nitrogen and oxygen atoms in total. The highest BCUT2D eigenvalue weighted by atomic mass is 15.1. The van der Waals surface area contributed by atoms with Crippen LogP contribution in [0.2, 0.25) is 0 Å². The Kier molecular flexibility index (Phi) is 2.90. The van der Waals surface area contributed by atoms with Gasteiger partial charge >= 0.3 is 0 Å². The van der Waals surface area contributed by atoms with E-state index in [1.807, 2.05) is 0 Å². The Morgan fingerprint density at radius 2 is 1.72 bits per heavy atom. The quantitative estimate of drug-likeness (QED) is 0.598. The van der Waals surface area contributed by atoms with E-state index in [1.165, 1.54) is 38.8 Å². The van der Waals surface area contributed by atoms with Gasteiger partial charge < -0.3 is 16.0 Å². The molecule has 0 amide bonds. The minimum absolute atomic E-state index is 0.660. The van der Waals surface area contributed by atoms with Crippen molar-refractivity contribution in [3.05, 3.63) is 0 Å². The van der Waals surface area contributed by atoms with Crippen LogP contribution in [-0.2, 0) is 0 Å². The van der Waals surface area contributed by atoms with Crippen LogP contribution in [0.4, 0.5) is 0 Å². The number of hydrogen-bond acceptors (Lipinski definition) is 3. The van der Waals surface area contributed by atoms with Gasteiger partial charge in [0.1, 0.15) is 0 Å². The third kappa shape index (κ3) is 1.91. The Hall–Kier alpha value is -0.120. The molecule has 2 aliphatic heterocycles. The highest BCUT2D eigenvalue weighted by Crippen LogP contribution is 2.47. The molecule has 2 bridgehead atoms. The zero-order valence-electron chi connectivity index (χ0n) is 11.5. The Morgan fingerprint density at radius 1 is 0.833 bits per heavy atom. The molecule has 3 N–H and O–H groups in total. The molecule has 2 saturated heterocycles. The molecule has 0 aromatic carbocycles. The second kappa shape index (κ2) is 4.46. The van der Waals surface area contributed by atoms with Gasteiger partial charge in [0, 0.05) is 24.7 Å². The van der Waals surface area contributed by atoms with Crippen LogP contribution in [0.3, 0.4) is 0 Å². The molecule has 2 saturated carbocycles. The van der Waals surface area contributed by atoms with Gasteiger partial charge in [0.05, 0.1) is 0 Å². The van der Waals surface area contributed by atoms with Crippen LogP contribution in [0, 0.1) is 23.7 Å². The predicted octanol–water partition coefficient (Wildman–Crippen LogP) is 0.961. The van der Waals surface area contributed by atoms with Gasteiger partial charge in [0.25, 0.3) is 0 Å². The van der Waals surface area contributed by atoms with E-state index in [0.29, 0.717) is 6.04 Å². The Labute approximate surface area is 110 Å². The van der Waals surface area contributed by atoms with Crippen molar-refractivity contribution in [1.82, 2.24) is 16.0 Å². The second-order valence-electron chi connectivity index (χ2n) is 7.34. The molecule has 7 unspecified atom stereocenters. The molecule has 4 fully saturated rings. The third-order valence-corrected chi connectivity index (χ3v) is 6.08. The largest absolute Gasteiger partial charge is 0.316 e. The van der Waals surface area contributed by atoms with Gasteiger partial charge in [0.15, 0.2) is 0 Å². The van der Waals surface area contributed by atoms with E-state index in [0.717, 1.165) is 42.3 Å². The van der Waals surface area contributed by atoms with Crippen LogP contribution >= 0.6 is 0 Å². The van der Waals surface area contributed by atoms with Crippen molar-refractivity contribution in [2.75, 3.05) is 19.6 Å². The van der Waals surface area contributed by atoms with Crippen LogP contribution in [0.15, 0.2) is 0 Å². The molecule has 3 heteroatoms. The van der Waals surface area contributed by atoms with Crippen molar-refractivity contribution in [3.63, 3.8) is 0 Å². The van der Waals surface area contributed by atoms with Crippen LogP contribution in [0.5, 0.6) is 0 Å². The van der Waals surface area contributed by atoms with Crippen LogP contribution in [-0.4, -0.2) is 37.8 Å². The summed E-state index contributed by atoms with van der Waals surface area (Å²) in [5.41, 5.74) is 0. The summed E-state index contributed by atoms with van der Waals surface area (Å²) >= 11 is 0. The summed E-state index contributed by atoms with van der Waals surface area (Å²) in [4.78, 5) is 0. The fourth-order valence-electron chi connectivity index (χ4n) is 5.33. The Bertz CT molecular complexity index is 319. The van der Waals surface area contributed by atoms with Gasteiger partial charge in [-0.25, -0.2) is 0 Å². The molecule has 2 heterocycles. The molecule has 102 valence electrons. The number of hydrogen-bond donors (Lipinski definition) is 3. The average molecular weight is 249 g/mol. The number of piperidine rings is 1. The van der Waals surface area contributed by atoms with Crippen molar-refractivity contribution >= 4 is 0 Å². The molecule has 2 aliphatic carbocycles.